The first-order valence-corrected chi connectivity index (χ1v) is 6.64. The molecule has 1 aliphatic heterocycles. The monoisotopic (exact) mass is 270 g/mol. The lowest BCUT2D eigenvalue weighted by molar-refractivity contribution is 0.153. The highest BCUT2D eigenvalue weighted by molar-refractivity contribution is 5.31. The van der Waals surface area contributed by atoms with E-state index in [-0.39, 0.29) is 5.56 Å². The van der Waals surface area contributed by atoms with Crippen molar-refractivity contribution in [2.75, 3.05) is 39.8 Å². The predicted molar refractivity (Wildman–Crippen MR) is 70.3 cm³/mol. The number of hydrogen-bond acceptors (Lipinski definition) is 3. The van der Waals surface area contributed by atoms with Crippen LogP contribution in [0, 0.1) is 11.6 Å². The van der Waals surface area contributed by atoms with Gasteiger partial charge >= 0.3 is 0 Å². The summed E-state index contributed by atoms with van der Waals surface area (Å²) in [6.07, 6.45) is 1.01. The highest BCUT2D eigenvalue weighted by Crippen LogP contribution is 2.23. The maximum Gasteiger partial charge on any atom is 0.170 e. The van der Waals surface area contributed by atoms with Crippen LogP contribution in [0.2, 0.25) is 0 Å². The van der Waals surface area contributed by atoms with Crippen LogP contribution in [0.25, 0.3) is 0 Å². The first-order valence-electron chi connectivity index (χ1n) is 6.64. The molecule has 0 bridgehead atoms. The van der Waals surface area contributed by atoms with Gasteiger partial charge in [0.05, 0.1) is 0 Å². The van der Waals surface area contributed by atoms with Gasteiger partial charge in [-0.25, -0.2) is 8.78 Å². The number of benzene rings is 1. The van der Waals surface area contributed by atoms with Crippen LogP contribution < -0.4 is 0 Å². The number of piperazine rings is 1. The van der Waals surface area contributed by atoms with E-state index in [1.165, 1.54) is 0 Å². The zero-order chi connectivity index (χ0) is 13.8. The lowest BCUT2D eigenvalue weighted by Gasteiger charge is -2.32. The van der Waals surface area contributed by atoms with E-state index in [0.717, 1.165) is 44.9 Å². The van der Waals surface area contributed by atoms with Crippen molar-refractivity contribution in [3.05, 3.63) is 29.3 Å². The van der Waals surface area contributed by atoms with Gasteiger partial charge < -0.3 is 14.9 Å². The Morgan fingerprint density at radius 2 is 1.84 bits per heavy atom. The van der Waals surface area contributed by atoms with E-state index >= 15 is 0 Å². The normalized spacial score (nSPS) is 17.8. The van der Waals surface area contributed by atoms with E-state index in [1.54, 1.807) is 0 Å². The van der Waals surface area contributed by atoms with Crippen LogP contribution in [0.5, 0.6) is 5.75 Å². The molecule has 5 heteroatoms. The third kappa shape index (κ3) is 3.64. The Hall–Kier alpha value is -1.20. The van der Waals surface area contributed by atoms with Gasteiger partial charge in [0.2, 0.25) is 0 Å². The molecule has 1 aliphatic rings. The van der Waals surface area contributed by atoms with Gasteiger partial charge in [0.15, 0.2) is 11.6 Å². The van der Waals surface area contributed by atoms with Crippen LogP contribution in [0.15, 0.2) is 12.1 Å². The molecular weight excluding hydrogens is 250 g/mol. The van der Waals surface area contributed by atoms with Gasteiger partial charge in [-0.3, -0.25) is 0 Å². The number of phenolic OH excluding ortho intramolecular Hbond substituents is 1. The minimum Gasteiger partial charge on any atom is -0.505 e. The summed E-state index contributed by atoms with van der Waals surface area (Å²) >= 11 is 0. The third-order valence-electron chi connectivity index (χ3n) is 3.66. The third-order valence-corrected chi connectivity index (χ3v) is 3.66. The maximum absolute atomic E-state index is 13.6. The fourth-order valence-electron chi connectivity index (χ4n) is 2.37. The molecule has 106 valence electrons. The lowest BCUT2D eigenvalue weighted by atomic mass is 10.1. The Balaban J connectivity index is 1.84. The summed E-state index contributed by atoms with van der Waals surface area (Å²) in [5.74, 6) is -1.87. The summed E-state index contributed by atoms with van der Waals surface area (Å²) < 4.78 is 27.0. The van der Waals surface area contributed by atoms with E-state index in [9.17, 15) is 13.9 Å². The molecular formula is C14H20F2N2O. The predicted octanol–water partition coefficient (Wildman–Crippen LogP) is 1.85. The number of nitrogens with zero attached hydrogens (tertiary/aromatic N) is 2. The lowest BCUT2D eigenvalue weighted by Crippen LogP contribution is -2.44. The molecule has 0 atom stereocenters. The second-order valence-electron chi connectivity index (χ2n) is 5.11. The number of likely N-dealkylation sites (N-methyl/N-ethyl adjacent to an activating group) is 1. The van der Waals surface area contributed by atoms with Gasteiger partial charge in [-0.2, -0.15) is 0 Å². The highest BCUT2D eigenvalue weighted by atomic mass is 19.1. The van der Waals surface area contributed by atoms with Gasteiger partial charge in [-0.05, 0) is 38.6 Å². The van der Waals surface area contributed by atoms with Crippen molar-refractivity contribution in [3.8, 4) is 5.75 Å². The average Bonchev–Trinajstić information content (AvgIpc) is 2.40. The smallest absolute Gasteiger partial charge is 0.170 e. The van der Waals surface area contributed by atoms with Gasteiger partial charge in [0.25, 0.3) is 0 Å². The molecule has 1 aromatic carbocycles. The van der Waals surface area contributed by atoms with Gasteiger partial charge in [0, 0.05) is 31.7 Å². The molecule has 0 unspecified atom stereocenters. The topological polar surface area (TPSA) is 26.7 Å². The van der Waals surface area contributed by atoms with E-state index in [1.807, 2.05) is 0 Å². The molecule has 1 fully saturated rings. The van der Waals surface area contributed by atoms with E-state index in [0.29, 0.717) is 12.8 Å². The molecule has 1 aromatic rings. The van der Waals surface area contributed by atoms with E-state index in [4.69, 9.17) is 0 Å². The first kappa shape index (κ1) is 14.2. The Labute approximate surface area is 112 Å². The molecule has 0 spiro atoms. The number of rotatable bonds is 4. The van der Waals surface area contributed by atoms with Crippen molar-refractivity contribution >= 4 is 0 Å². The summed E-state index contributed by atoms with van der Waals surface area (Å²) in [6.45, 7) is 4.91. The van der Waals surface area contributed by atoms with Crippen molar-refractivity contribution < 1.29 is 13.9 Å². The number of phenols is 1. The molecule has 0 amide bonds. The molecule has 3 nitrogen and oxygen atoms in total. The minimum atomic E-state index is -0.821. The summed E-state index contributed by atoms with van der Waals surface area (Å²) in [5, 5.41) is 9.24. The van der Waals surface area contributed by atoms with Crippen LogP contribution in [-0.4, -0.2) is 54.7 Å². The quantitative estimate of drug-likeness (QED) is 0.904. The van der Waals surface area contributed by atoms with Crippen LogP contribution >= 0.6 is 0 Å². The Morgan fingerprint density at radius 1 is 1.16 bits per heavy atom. The van der Waals surface area contributed by atoms with Crippen LogP contribution in [0.3, 0.4) is 0 Å². The molecule has 0 radical (unpaired) electrons. The summed E-state index contributed by atoms with van der Waals surface area (Å²) in [5.41, 5.74) is -0.00544. The Morgan fingerprint density at radius 3 is 2.53 bits per heavy atom. The minimum absolute atomic E-state index is 0.00544. The fraction of sp³-hybridized carbons (Fsp3) is 0.571. The van der Waals surface area contributed by atoms with Crippen molar-refractivity contribution in [2.45, 2.75) is 12.8 Å². The van der Waals surface area contributed by atoms with Crippen molar-refractivity contribution in [1.82, 2.24) is 9.80 Å². The molecule has 0 aliphatic carbocycles. The maximum atomic E-state index is 13.6. The van der Waals surface area contributed by atoms with Gasteiger partial charge in [-0.1, -0.05) is 0 Å². The number of hydrogen-bond donors (Lipinski definition) is 1. The second kappa shape index (κ2) is 6.30. The van der Waals surface area contributed by atoms with Crippen molar-refractivity contribution in [1.29, 1.82) is 0 Å². The Kier molecular flexibility index (Phi) is 4.71. The van der Waals surface area contributed by atoms with E-state index < -0.39 is 17.4 Å². The summed E-state index contributed by atoms with van der Waals surface area (Å²) in [4.78, 5) is 4.57. The molecule has 0 aromatic heterocycles. The molecule has 19 heavy (non-hydrogen) atoms. The first-order chi connectivity index (χ1) is 9.08. The largest absolute Gasteiger partial charge is 0.505 e. The zero-order valence-electron chi connectivity index (χ0n) is 11.2. The highest BCUT2D eigenvalue weighted by Gasteiger charge is 2.15. The van der Waals surface area contributed by atoms with Crippen molar-refractivity contribution in [3.63, 3.8) is 0 Å². The van der Waals surface area contributed by atoms with Crippen molar-refractivity contribution in [2.24, 2.45) is 0 Å². The summed E-state index contributed by atoms with van der Waals surface area (Å²) in [7, 11) is 2.09. The summed E-state index contributed by atoms with van der Waals surface area (Å²) in [6, 6.07) is 2.16. The standard InChI is InChI=1S/C14H20F2N2O/c1-17-7-9-18(10-8-17)6-2-3-11-12(15)4-5-13(19)14(11)16/h4-5,19H,2-3,6-10H2,1H3. The molecule has 1 saturated heterocycles. The average molecular weight is 270 g/mol. The fourth-order valence-corrected chi connectivity index (χ4v) is 2.37. The second-order valence-corrected chi connectivity index (χ2v) is 5.11. The van der Waals surface area contributed by atoms with E-state index in [2.05, 4.69) is 16.8 Å². The molecule has 1 N–H and O–H groups in total. The van der Waals surface area contributed by atoms with Crippen LogP contribution in [-0.2, 0) is 6.42 Å². The van der Waals surface area contributed by atoms with Crippen LogP contribution in [0.4, 0.5) is 8.78 Å². The molecule has 1 heterocycles. The van der Waals surface area contributed by atoms with Gasteiger partial charge in [0.1, 0.15) is 5.82 Å². The molecule has 0 saturated carbocycles. The van der Waals surface area contributed by atoms with Gasteiger partial charge in [-0.15, -0.1) is 0 Å². The number of aromatic hydroxyl groups is 1. The number of halogens is 2. The van der Waals surface area contributed by atoms with Crippen LogP contribution in [0.1, 0.15) is 12.0 Å². The zero-order valence-corrected chi connectivity index (χ0v) is 11.2. The Bertz CT molecular complexity index is 432. The SMILES string of the molecule is CN1CCN(CCCc2c(F)ccc(O)c2F)CC1. The molecule has 2 rings (SSSR count).